The van der Waals surface area contributed by atoms with E-state index in [1.165, 1.54) is 25.3 Å². The van der Waals surface area contributed by atoms with Crippen LogP contribution in [0.2, 0.25) is 0 Å². The minimum atomic E-state index is -0.802. The summed E-state index contributed by atoms with van der Waals surface area (Å²) in [5.74, 6) is -0.958. The fourth-order valence-corrected chi connectivity index (χ4v) is 1.95. The number of aliphatic hydroxyl groups is 1. The Morgan fingerprint density at radius 3 is 2.68 bits per heavy atom. The highest BCUT2D eigenvalue weighted by atomic mass is 19.1. The van der Waals surface area contributed by atoms with Crippen LogP contribution in [-0.4, -0.2) is 20.9 Å². The maximum Gasteiger partial charge on any atom is 0.272 e. The molecule has 1 aromatic heterocycles. The van der Waals surface area contributed by atoms with Gasteiger partial charge in [0.15, 0.2) is 0 Å². The van der Waals surface area contributed by atoms with Gasteiger partial charge in [0, 0.05) is 30.3 Å². The van der Waals surface area contributed by atoms with Gasteiger partial charge in [-0.1, -0.05) is 0 Å². The standard InChI is InChI=1S/C14H12FN3O4/c1-8(20)17-14-5-12(9(7-19)6-16-14)11-3-2-10(18(21)22)4-13(11)15/h2-6,19H,7H2,1H3,(H,16,17,20). The van der Waals surface area contributed by atoms with Crippen LogP contribution >= 0.6 is 0 Å². The molecule has 0 fully saturated rings. The maximum absolute atomic E-state index is 14.1. The van der Waals surface area contributed by atoms with Gasteiger partial charge >= 0.3 is 0 Å². The zero-order chi connectivity index (χ0) is 16.3. The molecule has 2 rings (SSSR count). The van der Waals surface area contributed by atoms with Crippen LogP contribution in [0.5, 0.6) is 0 Å². The highest BCUT2D eigenvalue weighted by Gasteiger charge is 2.15. The summed E-state index contributed by atoms with van der Waals surface area (Å²) in [7, 11) is 0. The molecule has 0 aliphatic rings. The number of halogens is 1. The molecular formula is C14H12FN3O4. The lowest BCUT2D eigenvalue weighted by molar-refractivity contribution is -0.385. The number of hydrogen-bond acceptors (Lipinski definition) is 5. The second kappa shape index (κ2) is 6.27. The van der Waals surface area contributed by atoms with Crippen LogP contribution in [0.25, 0.3) is 11.1 Å². The summed E-state index contributed by atoms with van der Waals surface area (Å²) in [4.78, 5) is 24.9. The predicted octanol–water partition coefficient (Wildman–Crippen LogP) is 2.25. The van der Waals surface area contributed by atoms with Crippen LogP contribution < -0.4 is 5.32 Å². The molecule has 1 amide bonds. The molecule has 8 heteroatoms. The third-order valence-corrected chi connectivity index (χ3v) is 2.91. The largest absolute Gasteiger partial charge is 0.392 e. The Labute approximate surface area is 124 Å². The number of nitrogens with one attached hydrogen (secondary N) is 1. The van der Waals surface area contributed by atoms with Crippen LogP contribution in [0.15, 0.2) is 30.5 Å². The molecule has 0 bridgehead atoms. The lowest BCUT2D eigenvalue weighted by atomic mass is 10.0. The van der Waals surface area contributed by atoms with Gasteiger partial charge in [0.25, 0.3) is 5.69 Å². The molecule has 0 aliphatic carbocycles. The molecular weight excluding hydrogens is 293 g/mol. The van der Waals surface area contributed by atoms with Crippen molar-refractivity contribution >= 4 is 17.4 Å². The van der Waals surface area contributed by atoms with Gasteiger partial charge < -0.3 is 10.4 Å². The lowest BCUT2D eigenvalue weighted by Crippen LogP contribution is -2.08. The van der Waals surface area contributed by atoms with Gasteiger partial charge in [0.05, 0.1) is 17.6 Å². The van der Waals surface area contributed by atoms with E-state index in [-0.39, 0.29) is 29.6 Å². The Morgan fingerprint density at radius 2 is 2.14 bits per heavy atom. The van der Waals surface area contributed by atoms with Crippen molar-refractivity contribution < 1.29 is 19.2 Å². The molecule has 0 unspecified atom stereocenters. The topological polar surface area (TPSA) is 105 Å². The van der Waals surface area contributed by atoms with E-state index < -0.39 is 10.7 Å². The third kappa shape index (κ3) is 3.23. The second-order valence-corrected chi connectivity index (χ2v) is 4.49. The average Bonchev–Trinajstić information content (AvgIpc) is 2.46. The van der Waals surface area contributed by atoms with Crippen molar-refractivity contribution in [1.82, 2.24) is 4.98 Å². The summed E-state index contributed by atoms with van der Waals surface area (Å²) in [5.41, 5.74) is 0.335. The highest BCUT2D eigenvalue weighted by molar-refractivity contribution is 5.88. The van der Waals surface area contributed by atoms with E-state index >= 15 is 0 Å². The molecule has 0 saturated carbocycles. The minimum Gasteiger partial charge on any atom is -0.392 e. The third-order valence-electron chi connectivity index (χ3n) is 2.91. The molecule has 1 aromatic carbocycles. The summed E-state index contributed by atoms with van der Waals surface area (Å²) in [5, 5.41) is 22.4. The molecule has 2 N–H and O–H groups in total. The quantitative estimate of drug-likeness (QED) is 0.665. The van der Waals surface area contributed by atoms with Crippen molar-refractivity contribution in [2.45, 2.75) is 13.5 Å². The number of benzene rings is 1. The molecule has 22 heavy (non-hydrogen) atoms. The summed E-state index contributed by atoms with van der Waals surface area (Å²) in [6.07, 6.45) is 1.31. The van der Waals surface area contributed by atoms with Crippen LogP contribution in [-0.2, 0) is 11.4 Å². The summed E-state index contributed by atoms with van der Waals surface area (Å²) in [6, 6.07) is 4.61. The summed E-state index contributed by atoms with van der Waals surface area (Å²) in [6.45, 7) is 0.910. The molecule has 7 nitrogen and oxygen atoms in total. The van der Waals surface area contributed by atoms with Gasteiger partial charge in [0.1, 0.15) is 11.6 Å². The first-order valence-corrected chi connectivity index (χ1v) is 6.24. The van der Waals surface area contributed by atoms with E-state index in [0.717, 1.165) is 12.1 Å². The Morgan fingerprint density at radius 1 is 1.41 bits per heavy atom. The van der Waals surface area contributed by atoms with E-state index in [0.29, 0.717) is 11.1 Å². The van der Waals surface area contributed by atoms with Gasteiger partial charge in [-0.15, -0.1) is 0 Å². The first-order chi connectivity index (χ1) is 10.4. The molecule has 0 saturated heterocycles. The van der Waals surface area contributed by atoms with Crippen molar-refractivity contribution in [2.75, 3.05) is 5.32 Å². The molecule has 0 atom stereocenters. The van der Waals surface area contributed by atoms with Gasteiger partial charge in [-0.05, 0) is 17.7 Å². The fraction of sp³-hybridized carbons (Fsp3) is 0.143. The molecule has 0 aliphatic heterocycles. The van der Waals surface area contributed by atoms with Gasteiger partial charge in [-0.25, -0.2) is 9.37 Å². The molecule has 2 aromatic rings. The van der Waals surface area contributed by atoms with Crippen LogP contribution in [0, 0.1) is 15.9 Å². The van der Waals surface area contributed by atoms with Gasteiger partial charge in [-0.3, -0.25) is 14.9 Å². The number of nitro benzene ring substituents is 1. The van der Waals surface area contributed by atoms with Crippen molar-refractivity contribution in [1.29, 1.82) is 0 Å². The number of rotatable bonds is 4. The Hall–Kier alpha value is -2.87. The maximum atomic E-state index is 14.1. The zero-order valence-electron chi connectivity index (χ0n) is 11.5. The van der Waals surface area contributed by atoms with Gasteiger partial charge in [0.2, 0.25) is 5.91 Å². The number of carbonyl (C=O) groups excluding carboxylic acids is 1. The average molecular weight is 305 g/mol. The monoisotopic (exact) mass is 305 g/mol. The Kier molecular flexibility index (Phi) is 4.42. The predicted molar refractivity (Wildman–Crippen MR) is 76.5 cm³/mol. The SMILES string of the molecule is CC(=O)Nc1cc(-c2ccc([N+](=O)[O-])cc2F)c(CO)cn1. The van der Waals surface area contributed by atoms with Crippen molar-refractivity contribution in [3.63, 3.8) is 0 Å². The zero-order valence-corrected chi connectivity index (χ0v) is 11.5. The van der Waals surface area contributed by atoms with Crippen LogP contribution in [0.3, 0.4) is 0 Å². The summed E-state index contributed by atoms with van der Waals surface area (Å²) < 4.78 is 14.1. The number of amides is 1. The van der Waals surface area contributed by atoms with E-state index in [4.69, 9.17) is 0 Å². The Balaban J connectivity index is 2.54. The van der Waals surface area contributed by atoms with Crippen LogP contribution in [0.1, 0.15) is 12.5 Å². The number of nitro groups is 1. The van der Waals surface area contributed by atoms with E-state index in [9.17, 15) is 24.4 Å². The molecule has 0 radical (unpaired) electrons. The fourth-order valence-electron chi connectivity index (χ4n) is 1.95. The number of anilines is 1. The number of non-ortho nitro benzene ring substituents is 1. The molecule has 0 spiro atoms. The number of pyridine rings is 1. The van der Waals surface area contributed by atoms with Crippen LogP contribution in [0.4, 0.5) is 15.9 Å². The number of aromatic nitrogens is 1. The first-order valence-electron chi connectivity index (χ1n) is 6.24. The Bertz CT molecular complexity index is 749. The highest BCUT2D eigenvalue weighted by Crippen LogP contribution is 2.30. The number of hydrogen-bond donors (Lipinski definition) is 2. The van der Waals surface area contributed by atoms with Crippen molar-refractivity contribution in [3.05, 3.63) is 52.0 Å². The minimum absolute atomic E-state index is 0.0728. The normalized spacial score (nSPS) is 10.3. The van der Waals surface area contributed by atoms with E-state index in [1.807, 2.05) is 0 Å². The van der Waals surface area contributed by atoms with E-state index in [1.54, 1.807) is 0 Å². The summed E-state index contributed by atoms with van der Waals surface area (Å²) >= 11 is 0. The molecule has 1 heterocycles. The first kappa shape index (κ1) is 15.5. The molecule has 114 valence electrons. The van der Waals surface area contributed by atoms with Crippen molar-refractivity contribution in [2.24, 2.45) is 0 Å². The number of nitrogens with zero attached hydrogens (tertiary/aromatic N) is 2. The smallest absolute Gasteiger partial charge is 0.272 e. The number of aliphatic hydroxyl groups excluding tert-OH is 1. The lowest BCUT2D eigenvalue weighted by Gasteiger charge is -2.11. The van der Waals surface area contributed by atoms with E-state index in [2.05, 4.69) is 10.3 Å². The van der Waals surface area contributed by atoms with Gasteiger partial charge in [-0.2, -0.15) is 0 Å². The number of carbonyl (C=O) groups is 1. The van der Waals surface area contributed by atoms with Crippen molar-refractivity contribution in [3.8, 4) is 11.1 Å². The second-order valence-electron chi connectivity index (χ2n) is 4.49.